The van der Waals surface area contributed by atoms with Gasteiger partial charge in [0.05, 0.1) is 27.0 Å². The molecule has 0 bridgehead atoms. The van der Waals surface area contributed by atoms with E-state index in [1.807, 2.05) is 6.92 Å². The van der Waals surface area contributed by atoms with Gasteiger partial charge in [-0.3, -0.25) is 0 Å². The van der Waals surface area contributed by atoms with E-state index >= 15 is 0 Å². The van der Waals surface area contributed by atoms with Crippen molar-refractivity contribution in [2.45, 2.75) is 45.1 Å². The van der Waals surface area contributed by atoms with Crippen molar-refractivity contribution >= 4 is 11.7 Å². The molecular weight excluding hydrogens is 322 g/mol. The number of methoxy groups -OCH3 is 3. The van der Waals surface area contributed by atoms with Crippen molar-refractivity contribution in [3.8, 4) is 17.2 Å². The van der Waals surface area contributed by atoms with Crippen molar-refractivity contribution in [1.29, 1.82) is 0 Å². The number of carbonyl (C=O) groups excluding carboxylic acids is 1. The lowest BCUT2D eigenvalue weighted by molar-refractivity contribution is 0.233. The highest BCUT2D eigenvalue weighted by Crippen LogP contribution is 2.38. The average Bonchev–Trinajstić information content (AvgIpc) is 2.65. The van der Waals surface area contributed by atoms with Gasteiger partial charge in [0.1, 0.15) is 0 Å². The minimum absolute atomic E-state index is 0.241. The zero-order valence-electron chi connectivity index (χ0n) is 15.3. The summed E-state index contributed by atoms with van der Waals surface area (Å²) in [5.74, 6) is 1.60. The third kappa shape index (κ3) is 5.01. The standard InChI is InChI=1S/C18H27N3O4/c1-12(20-21-18(22)19-14-8-6-5-7-9-14)13-10-15(23-2)17(25-4)16(11-13)24-3/h10-11,14H,5-9H2,1-4H3,(H2,19,21,22). The van der Waals surface area contributed by atoms with Gasteiger partial charge >= 0.3 is 6.03 Å². The van der Waals surface area contributed by atoms with Crippen LogP contribution in [0.15, 0.2) is 17.2 Å². The van der Waals surface area contributed by atoms with Crippen molar-refractivity contribution in [2.24, 2.45) is 5.10 Å². The molecule has 25 heavy (non-hydrogen) atoms. The van der Waals surface area contributed by atoms with Gasteiger partial charge in [-0.25, -0.2) is 10.2 Å². The molecule has 1 aliphatic rings. The van der Waals surface area contributed by atoms with E-state index < -0.39 is 0 Å². The van der Waals surface area contributed by atoms with Crippen molar-refractivity contribution in [3.05, 3.63) is 17.7 Å². The van der Waals surface area contributed by atoms with Crippen LogP contribution >= 0.6 is 0 Å². The van der Waals surface area contributed by atoms with Crippen molar-refractivity contribution < 1.29 is 19.0 Å². The van der Waals surface area contributed by atoms with Crippen LogP contribution < -0.4 is 25.0 Å². The molecule has 1 saturated carbocycles. The summed E-state index contributed by atoms with van der Waals surface area (Å²) < 4.78 is 16.0. The third-order valence-corrected chi connectivity index (χ3v) is 4.35. The Morgan fingerprint density at radius 2 is 1.64 bits per heavy atom. The number of nitrogens with one attached hydrogen (secondary N) is 2. The lowest BCUT2D eigenvalue weighted by Gasteiger charge is -2.22. The summed E-state index contributed by atoms with van der Waals surface area (Å²) in [4.78, 5) is 12.0. The molecule has 2 N–H and O–H groups in total. The lowest BCUT2D eigenvalue weighted by atomic mass is 9.96. The quantitative estimate of drug-likeness (QED) is 0.611. The van der Waals surface area contributed by atoms with Crippen LogP contribution in [-0.4, -0.2) is 39.1 Å². The average molecular weight is 349 g/mol. The van der Waals surface area contributed by atoms with Crippen molar-refractivity contribution in [2.75, 3.05) is 21.3 Å². The largest absolute Gasteiger partial charge is 0.493 e. The molecule has 7 nitrogen and oxygen atoms in total. The summed E-state index contributed by atoms with van der Waals surface area (Å²) in [6, 6.07) is 3.55. The molecule has 2 amide bonds. The van der Waals surface area contributed by atoms with E-state index in [9.17, 15) is 4.79 Å². The first-order valence-electron chi connectivity index (χ1n) is 8.50. The summed E-state index contributed by atoms with van der Waals surface area (Å²) in [5.41, 5.74) is 3.96. The number of amides is 2. The Kier molecular flexibility index (Phi) is 6.91. The monoisotopic (exact) mass is 349 g/mol. The molecule has 0 atom stereocenters. The number of carbonyl (C=O) groups is 1. The number of ether oxygens (including phenoxy) is 3. The Labute approximate surface area is 148 Å². The summed E-state index contributed by atoms with van der Waals surface area (Å²) in [5, 5.41) is 7.13. The van der Waals surface area contributed by atoms with Crippen LogP contribution in [0.3, 0.4) is 0 Å². The second kappa shape index (κ2) is 9.15. The predicted molar refractivity (Wildman–Crippen MR) is 96.8 cm³/mol. The predicted octanol–water partition coefficient (Wildman–Crippen LogP) is 3.07. The van der Waals surface area contributed by atoms with Gasteiger partial charge in [-0.2, -0.15) is 5.10 Å². The molecule has 1 aliphatic carbocycles. The minimum atomic E-state index is -0.279. The smallest absolute Gasteiger partial charge is 0.335 e. The van der Waals surface area contributed by atoms with E-state index in [1.165, 1.54) is 19.3 Å². The molecule has 0 spiro atoms. The van der Waals surface area contributed by atoms with E-state index in [-0.39, 0.29) is 12.1 Å². The maximum Gasteiger partial charge on any atom is 0.335 e. The summed E-state index contributed by atoms with van der Waals surface area (Å²) in [6.07, 6.45) is 5.64. The van der Waals surface area contributed by atoms with Gasteiger partial charge in [-0.1, -0.05) is 19.3 Å². The molecule has 0 aromatic heterocycles. The molecule has 0 aliphatic heterocycles. The first-order valence-corrected chi connectivity index (χ1v) is 8.50. The zero-order valence-corrected chi connectivity index (χ0v) is 15.3. The Morgan fingerprint density at radius 1 is 1.04 bits per heavy atom. The lowest BCUT2D eigenvalue weighted by Crippen LogP contribution is -2.41. The van der Waals surface area contributed by atoms with Crippen LogP contribution in [0.5, 0.6) is 17.2 Å². The molecule has 7 heteroatoms. The fourth-order valence-corrected chi connectivity index (χ4v) is 2.95. The number of hydrogen-bond donors (Lipinski definition) is 2. The number of nitrogens with zero attached hydrogens (tertiary/aromatic N) is 1. The second-order valence-electron chi connectivity index (χ2n) is 6.03. The summed E-state index contributed by atoms with van der Waals surface area (Å²) in [7, 11) is 4.67. The SMILES string of the molecule is COc1cc(C(C)=NNC(=O)NC2CCCCC2)cc(OC)c1OC. The number of rotatable bonds is 6. The number of urea groups is 1. The fourth-order valence-electron chi connectivity index (χ4n) is 2.95. The van der Waals surface area contributed by atoms with E-state index in [1.54, 1.807) is 33.5 Å². The molecule has 0 radical (unpaired) electrons. The molecule has 1 aromatic rings. The molecule has 0 heterocycles. The molecule has 138 valence electrons. The van der Waals surface area contributed by atoms with E-state index in [0.29, 0.717) is 23.0 Å². The van der Waals surface area contributed by atoms with Gasteiger partial charge in [-0.15, -0.1) is 0 Å². The van der Waals surface area contributed by atoms with Gasteiger partial charge in [0, 0.05) is 11.6 Å². The van der Waals surface area contributed by atoms with Gasteiger partial charge < -0.3 is 19.5 Å². The Balaban J connectivity index is 2.06. The number of hydrogen-bond acceptors (Lipinski definition) is 5. The number of benzene rings is 1. The van der Waals surface area contributed by atoms with Crippen LogP contribution in [0.25, 0.3) is 0 Å². The summed E-state index contributed by atoms with van der Waals surface area (Å²) >= 11 is 0. The van der Waals surface area contributed by atoms with Crippen molar-refractivity contribution in [1.82, 2.24) is 10.7 Å². The first kappa shape index (κ1) is 18.9. The Morgan fingerprint density at radius 3 is 2.16 bits per heavy atom. The minimum Gasteiger partial charge on any atom is -0.493 e. The van der Waals surface area contributed by atoms with Crippen LogP contribution in [-0.2, 0) is 0 Å². The molecule has 1 fully saturated rings. The third-order valence-electron chi connectivity index (χ3n) is 4.35. The van der Waals surface area contributed by atoms with Crippen LogP contribution in [0, 0.1) is 0 Å². The van der Waals surface area contributed by atoms with Gasteiger partial charge in [0.15, 0.2) is 11.5 Å². The van der Waals surface area contributed by atoms with Gasteiger partial charge in [0.25, 0.3) is 0 Å². The maximum absolute atomic E-state index is 12.0. The highest BCUT2D eigenvalue weighted by atomic mass is 16.5. The fraction of sp³-hybridized carbons (Fsp3) is 0.556. The molecule has 2 rings (SSSR count). The highest BCUT2D eigenvalue weighted by Gasteiger charge is 2.16. The van der Waals surface area contributed by atoms with Crippen LogP contribution in [0.4, 0.5) is 4.79 Å². The van der Waals surface area contributed by atoms with E-state index in [4.69, 9.17) is 14.2 Å². The van der Waals surface area contributed by atoms with E-state index in [0.717, 1.165) is 18.4 Å². The molecule has 1 aromatic carbocycles. The normalized spacial score (nSPS) is 15.4. The van der Waals surface area contributed by atoms with Crippen LogP contribution in [0.1, 0.15) is 44.6 Å². The molecule has 0 saturated heterocycles. The first-order chi connectivity index (χ1) is 12.1. The van der Waals surface area contributed by atoms with E-state index in [2.05, 4.69) is 15.8 Å². The van der Waals surface area contributed by atoms with Crippen LogP contribution in [0.2, 0.25) is 0 Å². The maximum atomic E-state index is 12.0. The molecular formula is C18H27N3O4. The zero-order chi connectivity index (χ0) is 18.2. The van der Waals surface area contributed by atoms with Crippen molar-refractivity contribution in [3.63, 3.8) is 0 Å². The second-order valence-corrected chi connectivity index (χ2v) is 6.03. The topological polar surface area (TPSA) is 81.2 Å². The highest BCUT2D eigenvalue weighted by molar-refractivity contribution is 6.00. The Hall–Kier alpha value is -2.44. The van der Waals surface area contributed by atoms with Gasteiger partial charge in [0.2, 0.25) is 5.75 Å². The number of hydrazone groups is 1. The summed E-state index contributed by atoms with van der Waals surface area (Å²) in [6.45, 7) is 1.81. The Bertz CT molecular complexity index is 600. The molecule has 0 unspecified atom stereocenters. The van der Waals surface area contributed by atoms with Gasteiger partial charge in [-0.05, 0) is 31.9 Å².